The van der Waals surface area contributed by atoms with Crippen molar-refractivity contribution >= 4 is 29.3 Å². The van der Waals surface area contributed by atoms with Gasteiger partial charge in [0, 0.05) is 24.2 Å². The van der Waals surface area contributed by atoms with Crippen LogP contribution in [0.5, 0.6) is 0 Å². The van der Waals surface area contributed by atoms with Crippen molar-refractivity contribution < 1.29 is 13.6 Å². The highest BCUT2D eigenvalue weighted by Gasteiger charge is 2.22. The zero-order valence-corrected chi connectivity index (χ0v) is 16.3. The Morgan fingerprint density at radius 1 is 1.26 bits per heavy atom. The zero-order valence-electron chi connectivity index (χ0n) is 14.7. The molecule has 0 aliphatic rings. The number of amides is 1. The van der Waals surface area contributed by atoms with Crippen LogP contribution in [0.15, 0.2) is 58.2 Å². The summed E-state index contributed by atoms with van der Waals surface area (Å²) < 4.78 is 18.9. The molecule has 1 aromatic heterocycles. The van der Waals surface area contributed by atoms with E-state index in [1.54, 1.807) is 49.2 Å². The van der Waals surface area contributed by atoms with Crippen LogP contribution in [-0.2, 0) is 11.3 Å². The monoisotopic (exact) mass is 405 g/mol. The molecule has 0 bridgehead atoms. The van der Waals surface area contributed by atoms with Crippen LogP contribution in [0, 0.1) is 5.82 Å². The first-order valence-corrected chi connectivity index (χ1v) is 9.43. The van der Waals surface area contributed by atoms with Gasteiger partial charge in [-0.25, -0.2) is 4.39 Å². The molecule has 3 aromatic rings. The number of carbonyl (C=O) groups excluding carboxylic acids is 1. The Labute approximate surface area is 165 Å². The molecule has 0 radical (unpaired) electrons. The summed E-state index contributed by atoms with van der Waals surface area (Å²) in [6.45, 7) is 2.08. The average molecular weight is 406 g/mol. The lowest BCUT2D eigenvalue weighted by atomic mass is 10.2. The molecule has 2 aromatic carbocycles. The first-order valence-electron chi connectivity index (χ1n) is 8.18. The van der Waals surface area contributed by atoms with Gasteiger partial charge in [-0.3, -0.25) is 4.79 Å². The van der Waals surface area contributed by atoms with E-state index in [1.165, 1.54) is 23.9 Å². The Hall–Kier alpha value is -2.38. The van der Waals surface area contributed by atoms with Gasteiger partial charge in [-0.2, -0.15) is 0 Å². The van der Waals surface area contributed by atoms with E-state index >= 15 is 0 Å². The summed E-state index contributed by atoms with van der Waals surface area (Å²) in [7, 11) is 1.68. The largest absolute Gasteiger partial charge is 0.411 e. The van der Waals surface area contributed by atoms with Gasteiger partial charge in [-0.05, 0) is 42.8 Å². The fraction of sp³-hybridized carbons (Fsp3) is 0.211. The lowest BCUT2D eigenvalue weighted by Crippen LogP contribution is -2.32. The number of thioether (sulfide) groups is 1. The maximum atomic E-state index is 13.3. The van der Waals surface area contributed by atoms with Crippen LogP contribution in [0.1, 0.15) is 12.5 Å². The van der Waals surface area contributed by atoms with Crippen molar-refractivity contribution in [2.75, 3.05) is 7.05 Å². The molecule has 0 unspecified atom stereocenters. The van der Waals surface area contributed by atoms with E-state index < -0.39 is 5.25 Å². The summed E-state index contributed by atoms with van der Waals surface area (Å²) in [5.74, 6) is -0.102. The fourth-order valence-corrected chi connectivity index (χ4v) is 3.48. The van der Waals surface area contributed by atoms with Crippen molar-refractivity contribution in [3.8, 4) is 11.5 Å². The van der Waals surface area contributed by atoms with Gasteiger partial charge in [-0.1, -0.05) is 41.6 Å². The van der Waals surface area contributed by atoms with Crippen LogP contribution in [0.3, 0.4) is 0 Å². The van der Waals surface area contributed by atoms with Crippen LogP contribution in [0.4, 0.5) is 4.39 Å². The van der Waals surface area contributed by atoms with Crippen molar-refractivity contribution in [2.45, 2.75) is 23.9 Å². The van der Waals surface area contributed by atoms with Gasteiger partial charge in [0.15, 0.2) is 0 Å². The molecular formula is C19H17ClFN3O2S. The minimum Gasteiger partial charge on any atom is -0.411 e. The smallest absolute Gasteiger partial charge is 0.277 e. The third-order valence-electron chi connectivity index (χ3n) is 3.79. The summed E-state index contributed by atoms with van der Waals surface area (Å²) in [6, 6.07) is 13.3. The van der Waals surface area contributed by atoms with Gasteiger partial charge in [0.2, 0.25) is 11.8 Å². The van der Waals surface area contributed by atoms with E-state index in [4.69, 9.17) is 16.0 Å². The van der Waals surface area contributed by atoms with E-state index in [2.05, 4.69) is 10.2 Å². The summed E-state index contributed by atoms with van der Waals surface area (Å²) in [6.07, 6.45) is 0. The van der Waals surface area contributed by atoms with Crippen LogP contribution in [-0.4, -0.2) is 33.3 Å². The Morgan fingerprint density at radius 3 is 2.78 bits per heavy atom. The lowest BCUT2D eigenvalue weighted by molar-refractivity contribution is -0.129. The molecule has 140 valence electrons. The highest BCUT2D eigenvalue weighted by atomic mass is 35.5. The molecule has 1 atom stereocenters. The summed E-state index contributed by atoms with van der Waals surface area (Å²) >= 11 is 7.14. The van der Waals surface area contributed by atoms with Crippen molar-refractivity contribution in [1.82, 2.24) is 15.1 Å². The number of hydrogen-bond acceptors (Lipinski definition) is 5. The molecule has 0 saturated carbocycles. The maximum Gasteiger partial charge on any atom is 0.277 e. The third-order valence-corrected chi connectivity index (χ3v) is 4.95. The van der Waals surface area contributed by atoms with E-state index in [9.17, 15) is 9.18 Å². The molecule has 0 fully saturated rings. The predicted molar refractivity (Wildman–Crippen MR) is 103 cm³/mol. The molecule has 8 heteroatoms. The Balaban J connectivity index is 1.62. The van der Waals surface area contributed by atoms with Crippen LogP contribution >= 0.6 is 23.4 Å². The van der Waals surface area contributed by atoms with Gasteiger partial charge in [0.25, 0.3) is 5.22 Å². The van der Waals surface area contributed by atoms with E-state index in [0.29, 0.717) is 28.2 Å². The molecule has 1 heterocycles. The summed E-state index contributed by atoms with van der Waals surface area (Å²) in [4.78, 5) is 14.1. The second-order valence-electron chi connectivity index (χ2n) is 5.97. The quantitative estimate of drug-likeness (QED) is 0.558. The number of aromatic nitrogens is 2. The maximum absolute atomic E-state index is 13.3. The standard InChI is InChI=1S/C19H17ClFN3O2S/c1-12(18(25)24(2)11-13-5-3-8-16(21)9-13)27-19-23-22-17(26-19)14-6-4-7-15(20)10-14/h3-10,12H,11H2,1-2H3/t12-/m1/s1. The number of halogens is 2. The Morgan fingerprint density at radius 2 is 2.04 bits per heavy atom. The normalized spacial score (nSPS) is 12.0. The average Bonchev–Trinajstić information content (AvgIpc) is 3.09. The second kappa shape index (κ2) is 8.54. The van der Waals surface area contributed by atoms with Crippen molar-refractivity contribution in [1.29, 1.82) is 0 Å². The molecule has 0 saturated heterocycles. The third kappa shape index (κ3) is 5.08. The highest BCUT2D eigenvalue weighted by Crippen LogP contribution is 2.28. The molecule has 0 aliphatic carbocycles. The first kappa shape index (κ1) is 19.4. The van der Waals surface area contributed by atoms with E-state index in [1.807, 2.05) is 6.07 Å². The SMILES string of the molecule is C[C@@H](Sc1nnc(-c2cccc(Cl)c2)o1)C(=O)N(C)Cc1cccc(F)c1. The minimum atomic E-state index is -0.434. The molecule has 1 amide bonds. The number of rotatable bonds is 6. The minimum absolute atomic E-state index is 0.119. The fourth-order valence-electron chi connectivity index (χ4n) is 2.49. The molecule has 3 rings (SSSR count). The van der Waals surface area contributed by atoms with Crippen LogP contribution in [0.2, 0.25) is 5.02 Å². The van der Waals surface area contributed by atoms with Crippen molar-refractivity contribution in [3.05, 3.63) is 64.9 Å². The first-order chi connectivity index (χ1) is 12.9. The van der Waals surface area contributed by atoms with Gasteiger partial charge in [-0.15, -0.1) is 10.2 Å². The number of carbonyl (C=O) groups is 1. The number of nitrogens with zero attached hydrogens (tertiary/aromatic N) is 3. The number of hydrogen-bond donors (Lipinski definition) is 0. The lowest BCUT2D eigenvalue weighted by Gasteiger charge is -2.20. The highest BCUT2D eigenvalue weighted by molar-refractivity contribution is 8.00. The Kier molecular flexibility index (Phi) is 6.13. The summed E-state index contributed by atoms with van der Waals surface area (Å²) in [5, 5.41) is 8.42. The van der Waals surface area contributed by atoms with Crippen LogP contribution < -0.4 is 0 Å². The second-order valence-corrected chi connectivity index (χ2v) is 7.70. The molecule has 27 heavy (non-hydrogen) atoms. The van der Waals surface area contributed by atoms with Gasteiger partial charge in [0.05, 0.1) is 5.25 Å². The van der Waals surface area contributed by atoms with E-state index in [-0.39, 0.29) is 11.7 Å². The van der Waals surface area contributed by atoms with Gasteiger partial charge in [0.1, 0.15) is 5.82 Å². The molecule has 0 spiro atoms. The topological polar surface area (TPSA) is 59.2 Å². The van der Waals surface area contributed by atoms with Gasteiger partial charge >= 0.3 is 0 Å². The summed E-state index contributed by atoms with van der Waals surface area (Å²) in [5.41, 5.74) is 1.44. The van der Waals surface area contributed by atoms with Crippen molar-refractivity contribution in [2.24, 2.45) is 0 Å². The van der Waals surface area contributed by atoms with Crippen molar-refractivity contribution in [3.63, 3.8) is 0 Å². The Bertz CT molecular complexity index is 950. The molecule has 0 aliphatic heterocycles. The molecule has 5 nitrogen and oxygen atoms in total. The van der Waals surface area contributed by atoms with Crippen LogP contribution in [0.25, 0.3) is 11.5 Å². The van der Waals surface area contributed by atoms with Gasteiger partial charge < -0.3 is 9.32 Å². The predicted octanol–water partition coefficient (Wildman–Crippen LogP) is 4.67. The zero-order chi connectivity index (χ0) is 19.4. The molecule has 0 N–H and O–H groups in total. The number of benzene rings is 2. The molecular weight excluding hydrogens is 389 g/mol. The van der Waals surface area contributed by atoms with E-state index in [0.717, 1.165) is 5.56 Å².